The maximum Gasteiger partial charge on any atom is 0.191 e. The van der Waals surface area contributed by atoms with Crippen LogP contribution in [-0.4, -0.2) is 29.3 Å². The molecule has 0 unspecified atom stereocenters. The third-order valence-corrected chi connectivity index (χ3v) is 4.01. The number of hydrazine groups is 1. The van der Waals surface area contributed by atoms with Gasteiger partial charge in [0.15, 0.2) is 5.16 Å². The van der Waals surface area contributed by atoms with E-state index in [1.165, 1.54) is 24.6 Å². The van der Waals surface area contributed by atoms with E-state index in [0.717, 1.165) is 24.1 Å². The molecule has 0 aromatic carbocycles. The number of anilines is 2. The van der Waals surface area contributed by atoms with Crippen molar-refractivity contribution >= 4 is 23.4 Å². The zero-order valence-electron chi connectivity index (χ0n) is 11.2. The number of nitrogens with zero attached hydrogens (tertiary/aromatic N) is 3. The lowest BCUT2D eigenvalue weighted by Gasteiger charge is -2.37. The summed E-state index contributed by atoms with van der Waals surface area (Å²) in [6.07, 6.45) is 4.35. The van der Waals surface area contributed by atoms with Crippen molar-refractivity contribution in [3.63, 3.8) is 0 Å². The molecule has 1 aromatic rings. The average Bonchev–Trinajstić information content (AvgIpc) is 2.38. The standard InChI is InChI=1S/C12H21N5S/c1-12(2)4-6-17(7-5-12)10-8-9(16-13)14-11(15-10)18-3/h8H,4-7,13H2,1-3H3,(H,14,15,16). The number of aromatic nitrogens is 2. The Morgan fingerprint density at radius 1 is 1.33 bits per heavy atom. The van der Waals surface area contributed by atoms with E-state index < -0.39 is 0 Å². The molecule has 3 N–H and O–H groups in total. The van der Waals surface area contributed by atoms with E-state index in [4.69, 9.17) is 5.84 Å². The SMILES string of the molecule is CSc1nc(NN)cc(N2CCC(C)(C)CC2)n1. The summed E-state index contributed by atoms with van der Waals surface area (Å²) in [6, 6.07) is 1.91. The molecule has 1 saturated heterocycles. The van der Waals surface area contributed by atoms with Crippen LogP contribution >= 0.6 is 11.8 Å². The number of rotatable bonds is 3. The Labute approximate surface area is 113 Å². The quantitative estimate of drug-likeness (QED) is 0.378. The van der Waals surface area contributed by atoms with Crippen molar-refractivity contribution in [3.05, 3.63) is 6.07 Å². The maximum atomic E-state index is 5.45. The molecule has 1 aliphatic rings. The van der Waals surface area contributed by atoms with Gasteiger partial charge in [-0.2, -0.15) is 0 Å². The van der Waals surface area contributed by atoms with Crippen LogP contribution in [0.4, 0.5) is 11.6 Å². The highest BCUT2D eigenvalue weighted by molar-refractivity contribution is 7.98. The summed E-state index contributed by atoms with van der Waals surface area (Å²) in [6.45, 7) is 6.73. The van der Waals surface area contributed by atoms with E-state index in [1.54, 1.807) is 0 Å². The van der Waals surface area contributed by atoms with Gasteiger partial charge in [-0.05, 0) is 24.5 Å². The Morgan fingerprint density at radius 3 is 2.56 bits per heavy atom. The minimum absolute atomic E-state index is 0.445. The third-order valence-electron chi connectivity index (χ3n) is 3.46. The van der Waals surface area contributed by atoms with Crippen LogP contribution in [-0.2, 0) is 0 Å². The van der Waals surface area contributed by atoms with Crippen LogP contribution in [0.15, 0.2) is 11.2 Å². The second kappa shape index (κ2) is 5.32. The molecule has 6 heteroatoms. The van der Waals surface area contributed by atoms with Crippen molar-refractivity contribution in [3.8, 4) is 0 Å². The molecule has 5 nitrogen and oxygen atoms in total. The van der Waals surface area contributed by atoms with Crippen molar-refractivity contribution in [1.82, 2.24) is 9.97 Å². The van der Waals surface area contributed by atoms with Gasteiger partial charge in [-0.15, -0.1) is 0 Å². The minimum Gasteiger partial charge on any atom is -0.356 e. The first-order chi connectivity index (χ1) is 8.54. The number of nitrogens with one attached hydrogen (secondary N) is 1. The van der Waals surface area contributed by atoms with E-state index in [0.29, 0.717) is 11.2 Å². The number of piperidine rings is 1. The number of hydrogen-bond acceptors (Lipinski definition) is 6. The molecule has 0 bridgehead atoms. The van der Waals surface area contributed by atoms with Crippen molar-refractivity contribution < 1.29 is 0 Å². The minimum atomic E-state index is 0.445. The molecule has 1 fully saturated rings. The Balaban J connectivity index is 2.18. The summed E-state index contributed by atoms with van der Waals surface area (Å²) in [5.41, 5.74) is 3.05. The Kier molecular flexibility index (Phi) is 3.97. The topological polar surface area (TPSA) is 67.1 Å². The molecule has 0 amide bonds. The van der Waals surface area contributed by atoms with Crippen LogP contribution in [0.25, 0.3) is 0 Å². The van der Waals surface area contributed by atoms with Gasteiger partial charge in [0.2, 0.25) is 0 Å². The fourth-order valence-corrected chi connectivity index (χ4v) is 2.46. The van der Waals surface area contributed by atoms with E-state index in [-0.39, 0.29) is 0 Å². The van der Waals surface area contributed by atoms with Gasteiger partial charge in [-0.3, -0.25) is 0 Å². The van der Waals surface area contributed by atoms with Crippen molar-refractivity contribution in [1.29, 1.82) is 0 Å². The second-order valence-corrected chi connectivity index (χ2v) is 6.17. The second-order valence-electron chi connectivity index (χ2n) is 5.39. The van der Waals surface area contributed by atoms with E-state index in [9.17, 15) is 0 Å². The molecular weight excluding hydrogens is 246 g/mol. The highest BCUT2D eigenvalue weighted by Gasteiger charge is 2.26. The smallest absolute Gasteiger partial charge is 0.191 e. The van der Waals surface area contributed by atoms with Crippen molar-refractivity contribution in [2.24, 2.45) is 11.3 Å². The van der Waals surface area contributed by atoms with Crippen LogP contribution in [0.5, 0.6) is 0 Å². The fraction of sp³-hybridized carbons (Fsp3) is 0.667. The molecule has 1 aromatic heterocycles. The predicted octanol–water partition coefficient (Wildman–Crippen LogP) is 2.11. The molecule has 0 atom stereocenters. The van der Waals surface area contributed by atoms with E-state index in [2.05, 4.69) is 34.1 Å². The average molecular weight is 267 g/mol. The first-order valence-electron chi connectivity index (χ1n) is 6.19. The van der Waals surface area contributed by atoms with Crippen molar-refractivity contribution in [2.45, 2.75) is 31.8 Å². The lowest BCUT2D eigenvalue weighted by molar-refractivity contribution is 0.279. The van der Waals surface area contributed by atoms with Crippen LogP contribution < -0.4 is 16.2 Å². The van der Waals surface area contributed by atoms with E-state index in [1.807, 2.05) is 12.3 Å². The Bertz CT molecular complexity index is 389. The Morgan fingerprint density at radius 2 is 2.00 bits per heavy atom. The van der Waals surface area contributed by atoms with Gasteiger partial charge in [0.25, 0.3) is 0 Å². The highest BCUT2D eigenvalue weighted by Crippen LogP contribution is 2.32. The number of nitrogens with two attached hydrogens (primary N) is 1. The van der Waals surface area contributed by atoms with Crippen LogP contribution in [0.2, 0.25) is 0 Å². The first kappa shape index (κ1) is 13.4. The summed E-state index contributed by atoms with van der Waals surface area (Å²) in [5.74, 6) is 7.09. The first-order valence-corrected chi connectivity index (χ1v) is 7.41. The molecule has 2 heterocycles. The molecule has 0 aliphatic carbocycles. The van der Waals surface area contributed by atoms with Gasteiger partial charge in [-0.1, -0.05) is 25.6 Å². The summed E-state index contributed by atoms with van der Waals surface area (Å²) in [7, 11) is 0. The van der Waals surface area contributed by atoms with Gasteiger partial charge in [-0.25, -0.2) is 15.8 Å². The molecule has 1 aliphatic heterocycles. The fourth-order valence-electron chi connectivity index (χ4n) is 2.08. The molecule has 2 rings (SSSR count). The number of nitrogen functional groups attached to an aromatic ring is 1. The summed E-state index contributed by atoms with van der Waals surface area (Å²) in [4.78, 5) is 11.1. The summed E-state index contributed by atoms with van der Waals surface area (Å²) in [5, 5.41) is 0.755. The molecule has 0 saturated carbocycles. The molecule has 0 radical (unpaired) electrons. The maximum absolute atomic E-state index is 5.45. The Hall–Kier alpha value is -1.01. The number of hydrogen-bond donors (Lipinski definition) is 2. The normalized spacial score (nSPS) is 18.8. The van der Waals surface area contributed by atoms with Gasteiger partial charge < -0.3 is 10.3 Å². The lowest BCUT2D eigenvalue weighted by atomic mass is 9.83. The monoisotopic (exact) mass is 267 g/mol. The molecule has 0 spiro atoms. The van der Waals surface area contributed by atoms with Gasteiger partial charge >= 0.3 is 0 Å². The van der Waals surface area contributed by atoms with Crippen LogP contribution in [0.1, 0.15) is 26.7 Å². The van der Waals surface area contributed by atoms with Crippen molar-refractivity contribution in [2.75, 3.05) is 29.7 Å². The van der Waals surface area contributed by atoms with Gasteiger partial charge in [0, 0.05) is 19.2 Å². The molecular formula is C12H21N5S. The summed E-state index contributed by atoms with van der Waals surface area (Å²) >= 11 is 1.53. The highest BCUT2D eigenvalue weighted by atomic mass is 32.2. The predicted molar refractivity (Wildman–Crippen MR) is 76.9 cm³/mol. The van der Waals surface area contributed by atoms with Gasteiger partial charge in [0.05, 0.1) is 0 Å². The third kappa shape index (κ3) is 3.05. The molecule has 100 valence electrons. The van der Waals surface area contributed by atoms with Crippen LogP contribution in [0.3, 0.4) is 0 Å². The zero-order valence-corrected chi connectivity index (χ0v) is 12.0. The number of thioether (sulfide) groups is 1. The van der Waals surface area contributed by atoms with E-state index >= 15 is 0 Å². The molecule has 18 heavy (non-hydrogen) atoms. The lowest BCUT2D eigenvalue weighted by Crippen LogP contribution is -2.37. The van der Waals surface area contributed by atoms with Gasteiger partial charge in [0.1, 0.15) is 11.6 Å². The van der Waals surface area contributed by atoms with Crippen LogP contribution in [0, 0.1) is 5.41 Å². The largest absolute Gasteiger partial charge is 0.356 e. The zero-order chi connectivity index (χ0) is 13.2. The summed E-state index contributed by atoms with van der Waals surface area (Å²) < 4.78 is 0.